The molecule has 1 saturated carbocycles. The molecular weight excluding hydrogens is 398 g/mol. The highest BCUT2D eigenvalue weighted by Crippen LogP contribution is 2.32. The predicted octanol–water partition coefficient (Wildman–Crippen LogP) is 3.45. The van der Waals surface area contributed by atoms with Gasteiger partial charge in [0.05, 0.1) is 11.3 Å². The maximum absolute atomic E-state index is 12.7. The minimum Gasteiger partial charge on any atom is -0.351 e. The lowest BCUT2D eigenvalue weighted by Gasteiger charge is -2.34. The normalized spacial score (nSPS) is 18.5. The molecule has 4 rings (SSSR count). The molecule has 0 spiro atoms. The van der Waals surface area contributed by atoms with E-state index in [9.17, 15) is 9.59 Å². The highest BCUT2D eigenvalue weighted by molar-refractivity contribution is 7.09. The number of hydrogen-bond acceptors (Lipinski definition) is 5. The van der Waals surface area contributed by atoms with Crippen LogP contribution in [0.25, 0.3) is 0 Å². The number of amides is 2. The molecule has 1 aliphatic heterocycles. The summed E-state index contributed by atoms with van der Waals surface area (Å²) >= 11 is 1.57. The average molecular weight is 430 g/mol. The first-order valence-corrected chi connectivity index (χ1v) is 12.1. The van der Waals surface area contributed by atoms with Gasteiger partial charge in [-0.15, -0.1) is 11.3 Å². The van der Waals surface area contributed by atoms with Crippen molar-refractivity contribution in [2.45, 2.75) is 63.8 Å². The van der Waals surface area contributed by atoms with E-state index in [0.717, 1.165) is 56.7 Å². The fourth-order valence-electron chi connectivity index (χ4n) is 4.51. The molecule has 2 aromatic rings. The molecule has 7 nitrogen and oxygen atoms in total. The van der Waals surface area contributed by atoms with Crippen LogP contribution in [-0.2, 0) is 11.3 Å². The second-order valence-electron chi connectivity index (χ2n) is 8.42. The topological polar surface area (TPSA) is 80.1 Å². The highest BCUT2D eigenvalue weighted by atomic mass is 32.1. The number of nitrogens with zero attached hydrogens (tertiary/aromatic N) is 4. The lowest BCUT2D eigenvalue weighted by molar-refractivity contribution is -0.137. The number of carbonyl (C=O) groups excluding carboxylic acids is 2. The van der Waals surface area contributed by atoms with E-state index in [1.165, 1.54) is 19.3 Å². The maximum Gasteiger partial charge on any atom is 0.270 e. The summed E-state index contributed by atoms with van der Waals surface area (Å²) in [7, 11) is 0. The standard InChI is InChI=1S/C22H31N5O2S/c28-20(24-9-4-11-26-14-10-23-16-26)19-15-30-21(25-19)17-7-12-27(13-8-17)22(29)18-5-2-1-3-6-18/h10,14-18H,1-9,11-13H2,(H,24,28). The van der Waals surface area contributed by atoms with Crippen LogP contribution < -0.4 is 5.32 Å². The number of nitrogens with one attached hydrogen (secondary N) is 1. The molecule has 0 aromatic carbocycles. The molecule has 2 fully saturated rings. The summed E-state index contributed by atoms with van der Waals surface area (Å²) in [5.74, 6) is 0.864. The molecule has 2 amide bonds. The molecule has 0 radical (unpaired) electrons. The zero-order valence-corrected chi connectivity index (χ0v) is 18.3. The SMILES string of the molecule is O=C(NCCCn1ccnc1)c1csc(C2CCN(C(=O)C3CCCCC3)CC2)n1. The van der Waals surface area contributed by atoms with Gasteiger partial charge in [0.2, 0.25) is 5.91 Å². The molecular formula is C22H31N5O2S. The Balaban J connectivity index is 1.21. The van der Waals surface area contributed by atoms with Crippen LogP contribution in [0.5, 0.6) is 0 Å². The number of thiazole rings is 1. The van der Waals surface area contributed by atoms with Crippen molar-refractivity contribution in [2.75, 3.05) is 19.6 Å². The summed E-state index contributed by atoms with van der Waals surface area (Å²) in [6.07, 6.45) is 14.0. The zero-order chi connectivity index (χ0) is 20.8. The van der Waals surface area contributed by atoms with Gasteiger partial charge >= 0.3 is 0 Å². The molecule has 1 aliphatic carbocycles. The van der Waals surface area contributed by atoms with Gasteiger partial charge in [-0.1, -0.05) is 19.3 Å². The summed E-state index contributed by atoms with van der Waals surface area (Å²) in [6.45, 7) is 3.08. The molecule has 30 heavy (non-hydrogen) atoms. The van der Waals surface area contributed by atoms with Crippen LogP contribution in [0.4, 0.5) is 0 Å². The highest BCUT2D eigenvalue weighted by Gasteiger charge is 2.30. The summed E-state index contributed by atoms with van der Waals surface area (Å²) in [6, 6.07) is 0. The van der Waals surface area contributed by atoms with E-state index in [1.807, 2.05) is 16.1 Å². The van der Waals surface area contributed by atoms with Crippen LogP contribution in [0, 0.1) is 5.92 Å². The van der Waals surface area contributed by atoms with Crippen molar-refractivity contribution in [3.63, 3.8) is 0 Å². The molecule has 0 atom stereocenters. The predicted molar refractivity (Wildman–Crippen MR) is 116 cm³/mol. The Morgan fingerprint density at radius 1 is 1.13 bits per heavy atom. The van der Waals surface area contributed by atoms with Crippen molar-refractivity contribution in [2.24, 2.45) is 5.92 Å². The van der Waals surface area contributed by atoms with Crippen molar-refractivity contribution >= 4 is 23.2 Å². The van der Waals surface area contributed by atoms with Crippen molar-refractivity contribution < 1.29 is 9.59 Å². The molecule has 0 unspecified atom stereocenters. The van der Waals surface area contributed by atoms with Crippen molar-refractivity contribution in [3.05, 3.63) is 34.8 Å². The van der Waals surface area contributed by atoms with Gasteiger partial charge < -0.3 is 14.8 Å². The first-order valence-electron chi connectivity index (χ1n) is 11.2. The van der Waals surface area contributed by atoms with Gasteiger partial charge in [-0.3, -0.25) is 9.59 Å². The Kier molecular flexibility index (Phi) is 7.15. The van der Waals surface area contributed by atoms with Crippen LogP contribution in [0.3, 0.4) is 0 Å². The van der Waals surface area contributed by atoms with Gasteiger partial charge in [0.1, 0.15) is 5.69 Å². The van der Waals surface area contributed by atoms with E-state index < -0.39 is 0 Å². The number of hydrogen-bond donors (Lipinski definition) is 1. The Hall–Kier alpha value is -2.22. The van der Waals surface area contributed by atoms with Crippen LogP contribution in [0.2, 0.25) is 0 Å². The molecule has 2 aromatic heterocycles. The van der Waals surface area contributed by atoms with Gasteiger partial charge in [-0.25, -0.2) is 9.97 Å². The summed E-state index contributed by atoms with van der Waals surface area (Å²) in [4.78, 5) is 35.8. The van der Waals surface area contributed by atoms with Crippen molar-refractivity contribution in [3.8, 4) is 0 Å². The molecule has 1 N–H and O–H groups in total. The van der Waals surface area contributed by atoms with Crippen molar-refractivity contribution in [1.82, 2.24) is 24.8 Å². The maximum atomic E-state index is 12.7. The second-order valence-corrected chi connectivity index (χ2v) is 9.31. The van der Waals surface area contributed by atoms with Crippen molar-refractivity contribution in [1.29, 1.82) is 0 Å². The fourth-order valence-corrected chi connectivity index (χ4v) is 5.48. The van der Waals surface area contributed by atoms with Gasteiger partial charge in [0, 0.05) is 55.8 Å². The first kappa shape index (κ1) is 21.0. The van der Waals surface area contributed by atoms with E-state index in [0.29, 0.717) is 24.1 Å². The number of carbonyl (C=O) groups is 2. The Labute approximate surface area is 181 Å². The number of imidazole rings is 1. The number of aryl methyl sites for hydroxylation is 1. The number of aromatic nitrogens is 3. The van der Waals surface area contributed by atoms with Gasteiger partial charge in [0.15, 0.2) is 0 Å². The average Bonchev–Trinajstić information content (AvgIpc) is 3.49. The molecule has 2 aliphatic rings. The molecule has 0 bridgehead atoms. The third-order valence-electron chi connectivity index (χ3n) is 6.30. The second kappa shape index (κ2) is 10.2. The number of piperidine rings is 1. The smallest absolute Gasteiger partial charge is 0.270 e. The van der Waals surface area contributed by atoms with E-state index in [-0.39, 0.29) is 11.8 Å². The van der Waals surface area contributed by atoms with Crippen LogP contribution in [0.1, 0.15) is 72.8 Å². The van der Waals surface area contributed by atoms with Gasteiger partial charge in [-0.2, -0.15) is 0 Å². The first-order chi connectivity index (χ1) is 14.7. The lowest BCUT2D eigenvalue weighted by atomic mass is 9.87. The third-order valence-corrected chi connectivity index (χ3v) is 7.31. The molecule has 1 saturated heterocycles. The largest absolute Gasteiger partial charge is 0.351 e. The van der Waals surface area contributed by atoms with Crippen LogP contribution in [-0.4, -0.2) is 50.9 Å². The molecule has 162 valence electrons. The number of rotatable bonds is 7. The van der Waals surface area contributed by atoms with Crippen LogP contribution in [0.15, 0.2) is 24.1 Å². The quantitative estimate of drug-likeness (QED) is 0.684. The van der Waals surface area contributed by atoms with E-state index in [4.69, 9.17) is 0 Å². The van der Waals surface area contributed by atoms with Gasteiger partial charge in [-0.05, 0) is 32.1 Å². The summed E-state index contributed by atoms with van der Waals surface area (Å²) < 4.78 is 2.00. The summed E-state index contributed by atoms with van der Waals surface area (Å²) in [5.41, 5.74) is 0.512. The van der Waals surface area contributed by atoms with E-state index >= 15 is 0 Å². The Morgan fingerprint density at radius 3 is 2.67 bits per heavy atom. The van der Waals surface area contributed by atoms with E-state index in [2.05, 4.69) is 20.2 Å². The fraction of sp³-hybridized carbons (Fsp3) is 0.636. The number of likely N-dealkylation sites (tertiary alicyclic amines) is 1. The lowest BCUT2D eigenvalue weighted by Crippen LogP contribution is -2.41. The summed E-state index contributed by atoms with van der Waals surface area (Å²) in [5, 5.41) is 5.85. The Morgan fingerprint density at radius 2 is 1.93 bits per heavy atom. The minimum absolute atomic E-state index is 0.104. The molecule has 8 heteroatoms. The van der Waals surface area contributed by atoms with Crippen LogP contribution >= 0.6 is 11.3 Å². The van der Waals surface area contributed by atoms with Gasteiger partial charge in [0.25, 0.3) is 5.91 Å². The zero-order valence-electron chi connectivity index (χ0n) is 17.5. The minimum atomic E-state index is -0.104. The molecule has 3 heterocycles. The van der Waals surface area contributed by atoms with E-state index in [1.54, 1.807) is 23.9 Å². The monoisotopic (exact) mass is 429 g/mol. The Bertz CT molecular complexity index is 820. The third kappa shape index (κ3) is 5.28.